The van der Waals surface area contributed by atoms with Crippen LogP contribution in [-0.2, 0) is 19.3 Å². The first kappa shape index (κ1) is 20.9. The number of likely N-dealkylation sites (tertiary alicyclic amines) is 1. The van der Waals surface area contributed by atoms with Gasteiger partial charge in [0.2, 0.25) is 0 Å². The molecule has 7 heteroatoms. The van der Waals surface area contributed by atoms with Gasteiger partial charge in [-0.2, -0.15) is 13.2 Å². The molecule has 1 N–H and O–H groups in total. The highest BCUT2D eigenvalue weighted by molar-refractivity contribution is 5.25. The summed E-state index contributed by atoms with van der Waals surface area (Å²) in [5, 5.41) is 10.3. The Bertz CT molecular complexity index is 897. The number of aliphatic hydroxyl groups is 1. The van der Waals surface area contributed by atoms with Crippen molar-refractivity contribution in [1.82, 2.24) is 14.7 Å². The Morgan fingerprint density at radius 1 is 0.839 bits per heavy atom. The van der Waals surface area contributed by atoms with Gasteiger partial charge in [-0.15, -0.1) is 0 Å². The number of alkyl halides is 3. The molecule has 3 fully saturated rings. The fourth-order valence-electron chi connectivity index (χ4n) is 5.71. The zero-order valence-electron chi connectivity index (χ0n) is 17.4. The van der Waals surface area contributed by atoms with E-state index in [1.807, 2.05) is 6.07 Å². The molecule has 2 unspecified atom stereocenters. The van der Waals surface area contributed by atoms with E-state index in [-0.39, 0.29) is 11.6 Å². The highest BCUT2D eigenvalue weighted by atomic mass is 19.4. The van der Waals surface area contributed by atoms with Crippen LogP contribution >= 0.6 is 0 Å². The molecule has 31 heavy (non-hydrogen) atoms. The minimum Gasteiger partial charge on any atom is -0.392 e. The number of piperazine rings is 1. The first-order valence-electron chi connectivity index (χ1n) is 10.9. The summed E-state index contributed by atoms with van der Waals surface area (Å²) in [6.07, 6.45) is -3.76. The first-order chi connectivity index (χ1) is 14.8. The average Bonchev–Trinajstić information content (AvgIpc) is 3.08. The maximum absolute atomic E-state index is 12.8. The lowest BCUT2D eigenvalue weighted by atomic mass is 9.83. The summed E-state index contributed by atoms with van der Waals surface area (Å²) in [5.41, 5.74) is 1.61. The van der Waals surface area contributed by atoms with Crippen LogP contribution in [0.4, 0.5) is 13.2 Å². The molecule has 166 valence electrons. The number of fused-ring (bicyclic) bond motifs is 2. The van der Waals surface area contributed by atoms with Crippen LogP contribution in [0.3, 0.4) is 0 Å². The minimum atomic E-state index is -4.30. The summed E-state index contributed by atoms with van der Waals surface area (Å²) >= 11 is 0. The Labute approximate surface area is 180 Å². The molecule has 2 aromatic rings. The van der Waals surface area contributed by atoms with Crippen LogP contribution < -0.4 is 0 Å². The zero-order valence-corrected chi connectivity index (χ0v) is 17.4. The van der Waals surface area contributed by atoms with Crippen LogP contribution in [0.25, 0.3) is 0 Å². The van der Waals surface area contributed by atoms with Gasteiger partial charge >= 0.3 is 6.18 Å². The van der Waals surface area contributed by atoms with E-state index in [1.54, 1.807) is 12.1 Å². The summed E-state index contributed by atoms with van der Waals surface area (Å²) in [4.78, 5) is 7.31. The van der Waals surface area contributed by atoms with Crippen molar-refractivity contribution in [2.24, 2.45) is 0 Å². The molecule has 3 heterocycles. The van der Waals surface area contributed by atoms with E-state index in [1.165, 1.54) is 17.7 Å². The molecule has 0 saturated carbocycles. The SMILES string of the molecule is OC1CC2CN(Cc3ccccc3)CC3(CN(Cc4ccc(C(F)(F)F)cc4)C3)N2C1. The molecule has 0 aromatic heterocycles. The highest BCUT2D eigenvalue weighted by Crippen LogP contribution is 2.40. The van der Waals surface area contributed by atoms with Crippen molar-refractivity contribution in [3.8, 4) is 0 Å². The van der Waals surface area contributed by atoms with E-state index >= 15 is 0 Å². The fraction of sp³-hybridized carbons (Fsp3) is 0.500. The van der Waals surface area contributed by atoms with Gasteiger partial charge in [0.25, 0.3) is 0 Å². The summed E-state index contributed by atoms with van der Waals surface area (Å²) < 4.78 is 38.4. The van der Waals surface area contributed by atoms with Gasteiger partial charge in [-0.25, -0.2) is 0 Å². The van der Waals surface area contributed by atoms with E-state index in [0.717, 1.165) is 51.3 Å². The number of nitrogens with zero attached hydrogens (tertiary/aromatic N) is 3. The molecule has 0 amide bonds. The van der Waals surface area contributed by atoms with Gasteiger partial charge in [0, 0.05) is 51.9 Å². The van der Waals surface area contributed by atoms with Crippen molar-refractivity contribution in [3.63, 3.8) is 0 Å². The molecule has 1 spiro atoms. The third-order valence-corrected chi connectivity index (χ3v) is 6.96. The maximum atomic E-state index is 12.8. The third kappa shape index (κ3) is 4.24. The van der Waals surface area contributed by atoms with Crippen molar-refractivity contribution in [2.75, 3.05) is 32.7 Å². The Morgan fingerprint density at radius 2 is 1.45 bits per heavy atom. The Hall–Kier alpha value is -1.93. The molecule has 0 bridgehead atoms. The van der Waals surface area contributed by atoms with E-state index < -0.39 is 11.7 Å². The predicted molar refractivity (Wildman–Crippen MR) is 112 cm³/mol. The van der Waals surface area contributed by atoms with E-state index in [2.05, 4.69) is 39.0 Å². The van der Waals surface area contributed by atoms with Crippen LogP contribution in [0.2, 0.25) is 0 Å². The minimum absolute atomic E-state index is 0.0150. The maximum Gasteiger partial charge on any atom is 0.416 e. The topological polar surface area (TPSA) is 30.0 Å². The van der Waals surface area contributed by atoms with Crippen molar-refractivity contribution in [3.05, 3.63) is 71.3 Å². The molecule has 5 rings (SSSR count). The quantitative estimate of drug-likeness (QED) is 0.805. The lowest BCUT2D eigenvalue weighted by molar-refractivity contribution is -0.137. The summed E-state index contributed by atoms with van der Waals surface area (Å²) in [6.45, 7) is 5.95. The molecular weight excluding hydrogens is 403 g/mol. The van der Waals surface area contributed by atoms with Crippen molar-refractivity contribution >= 4 is 0 Å². The van der Waals surface area contributed by atoms with Gasteiger partial charge in [-0.1, -0.05) is 42.5 Å². The Kier molecular flexibility index (Phi) is 5.33. The molecule has 2 aromatic carbocycles. The lowest BCUT2D eigenvalue weighted by Gasteiger charge is -2.61. The van der Waals surface area contributed by atoms with E-state index in [0.29, 0.717) is 12.6 Å². The van der Waals surface area contributed by atoms with E-state index in [4.69, 9.17) is 0 Å². The number of halogens is 3. The van der Waals surface area contributed by atoms with Crippen LogP contribution in [-0.4, -0.2) is 70.2 Å². The van der Waals surface area contributed by atoms with Crippen molar-refractivity contribution < 1.29 is 18.3 Å². The number of rotatable bonds is 4. The van der Waals surface area contributed by atoms with Gasteiger partial charge in [0.15, 0.2) is 0 Å². The van der Waals surface area contributed by atoms with Gasteiger partial charge in [-0.3, -0.25) is 14.7 Å². The number of hydrogen-bond donors (Lipinski definition) is 1. The molecule has 0 radical (unpaired) electrons. The lowest BCUT2D eigenvalue weighted by Crippen LogP contribution is -2.77. The number of aliphatic hydroxyl groups excluding tert-OH is 1. The Morgan fingerprint density at radius 3 is 2.13 bits per heavy atom. The zero-order chi connectivity index (χ0) is 21.6. The van der Waals surface area contributed by atoms with Crippen LogP contribution in [0.15, 0.2) is 54.6 Å². The molecular formula is C24H28F3N3O. The summed E-state index contributed by atoms with van der Waals surface area (Å²) in [6, 6.07) is 16.3. The smallest absolute Gasteiger partial charge is 0.392 e. The van der Waals surface area contributed by atoms with Gasteiger partial charge in [0.05, 0.1) is 17.2 Å². The van der Waals surface area contributed by atoms with Crippen LogP contribution in [0.1, 0.15) is 23.1 Å². The number of benzene rings is 2. The largest absolute Gasteiger partial charge is 0.416 e. The molecule has 2 atom stereocenters. The second-order valence-corrected chi connectivity index (χ2v) is 9.42. The summed E-state index contributed by atoms with van der Waals surface area (Å²) in [5.74, 6) is 0. The third-order valence-electron chi connectivity index (χ3n) is 6.96. The molecule has 3 saturated heterocycles. The normalized spacial score (nSPS) is 26.7. The number of β-amino-alcohol motifs (C(OH)–C–C–N with tert-alkyl or cyclic N) is 1. The Balaban J connectivity index is 1.26. The second kappa shape index (κ2) is 7.89. The summed E-state index contributed by atoms with van der Waals surface area (Å²) in [7, 11) is 0. The predicted octanol–water partition coefficient (Wildman–Crippen LogP) is 3.21. The second-order valence-electron chi connectivity index (χ2n) is 9.42. The van der Waals surface area contributed by atoms with Crippen molar-refractivity contribution in [2.45, 2.75) is 43.4 Å². The van der Waals surface area contributed by atoms with Crippen molar-refractivity contribution in [1.29, 1.82) is 0 Å². The average molecular weight is 432 g/mol. The molecule has 0 aliphatic carbocycles. The molecule has 4 nitrogen and oxygen atoms in total. The van der Waals surface area contributed by atoms with Crippen LogP contribution in [0.5, 0.6) is 0 Å². The molecule has 3 aliphatic rings. The fourth-order valence-corrected chi connectivity index (χ4v) is 5.71. The van der Waals surface area contributed by atoms with Crippen LogP contribution in [0, 0.1) is 0 Å². The van der Waals surface area contributed by atoms with E-state index in [9.17, 15) is 18.3 Å². The standard InChI is InChI=1S/C24H28F3N3O/c25-24(26,27)20-8-6-19(7-9-20)12-29-16-23(17-29)15-28(11-18-4-2-1-3-5-18)13-21-10-22(31)14-30(21)23/h1-9,21-22,31H,10-17H2. The van der Waals surface area contributed by atoms with Gasteiger partial charge < -0.3 is 5.11 Å². The number of hydrogen-bond acceptors (Lipinski definition) is 4. The first-order valence-corrected chi connectivity index (χ1v) is 10.9. The molecule has 3 aliphatic heterocycles. The van der Waals surface area contributed by atoms with Gasteiger partial charge in [-0.05, 0) is 29.7 Å². The highest BCUT2D eigenvalue weighted by Gasteiger charge is 2.55. The van der Waals surface area contributed by atoms with Gasteiger partial charge in [0.1, 0.15) is 0 Å². The monoisotopic (exact) mass is 431 g/mol.